The molecule has 0 saturated carbocycles. The van der Waals surface area contributed by atoms with Crippen LogP contribution >= 0.6 is 11.9 Å². The second kappa shape index (κ2) is 8.77. The molecule has 4 aromatic rings. The number of benzene rings is 1. The molecule has 0 aliphatic carbocycles. The summed E-state index contributed by atoms with van der Waals surface area (Å²) in [6, 6.07) is 10.7. The number of halogens is 1. The third-order valence-corrected chi connectivity index (χ3v) is 5.68. The highest BCUT2D eigenvalue weighted by molar-refractivity contribution is 8.00. The van der Waals surface area contributed by atoms with E-state index >= 15 is 0 Å². The number of nitrogens with one attached hydrogen (secondary N) is 2. The molecule has 0 saturated heterocycles. The van der Waals surface area contributed by atoms with Gasteiger partial charge in [0.25, 0.3) is 0 Å². The summed E-state index contributed by atoms with van der Waals surface area (Å²) in [5.41, 5.74) is 4.54. The van der Waals surface area contributed by atoms with E-state index in [1.807, 2.05) is 39.1 Å². The number of aromatic nitrogens is 3. The summed E-state index contributed by atoms with van der Waals surface area (Å²) in [5, 5.41) is 3.85. The van der Waals surface area contributed by atoms with Crippen LogP contribution in [0.4, 0.5) is 15.9 Å². The van der Waals surface area contributed by atoms with Crippen molar-refractivity contribution < 1.29 is 9.13 Å². The van der Waals surface area contributed by atoms with Gasteiger partial charge in [0.15, 0.2) is 0 Å². The Labute approximate surface area is 184 Å². The van der Waals surface area contributed by atoms with Crippen molar-refractivity contribution >= 4 is 34.4 Å². The molecule has 0 atom stereocenters. The topological polar surface area (TPSA) is 72.0 Å². The lowest BCUT2D eigenvalue weighted by atomic mass is 10.0. The molecule has 0 bridgehead atoms. The zero-order valence-electron chi connectivity index (χ0n) is 17.7. The van der Waals surface area contributed by atoms with Crippen molar-refractivity contribution in [2.45, 2.75) is 18.7 Å². The molecule has 0 aliphatic heterocycles. The third kappa shape index (κ3) is 4.39. The number of nitrogens with zero attached hydrogens (tertiary/aromatic N) is 3. The number of hydrogen-bond donors (Lipinski definition) is 2. The van der Waals surface area contributed by atoms with Crippen molar-refractivity contribution in [3.8, 4) is 17.0 Å². The van der Waals surface area contributed by atoms with Crippen molar-refractivity contribution in [3.05, 3.63) is 65.9 Å². The highest BCUT2D eigenvalue weighted by Crippen LogP contribution is 2.33. The predicted octanol–water partition coefficient (Wildman–Crippen LogP) is 5.62. The predicted molar refractivity (Wildman–Crippen MR) is 124 cm³/mol. The standard InChI is InChI=1S/C23H22FN5OS/c1-13-7-21(23(30-4)27-11-13)31-29-16-5-6-19(24)18(9-16)17-8-15-12-26-22(25-3)10-20(15)28-14(17)2/h5-12,29H,1-4H3,(H,25,26). The van der Waals surface area contributed by atoms with Gasteiger partial charge in [-0.25, -0.2) is 14.4 Å². The molecular weight excluding hydrogens is 413 g/mol. The van der Waals surface area contributed by atoms with Gasteiger partial charge in [0.05, 0.1) is 17.5 Å². The monoisotopic (exact) mass is 435 g/mol. The molecule has 0 spiro atoms. The molecule has 0 radical (unpaired) electrons. The first-order valence-electron chi connectivity index (χ1n) is 9.67. The Morgan fingerprint density at radius 1 is 1.00 bits per heavy atom. The number of hydrogen-bond acceptors (Lipinski definition) is 7. The summed E-state index contributed by atoms with van der Waals surface area (Å²) in [7, 11) is 3.39. The van der Waals surface area contributed by atoms with Crippen LogP contribution in [0, 0.1) is 19.7 Å². The number of ether oxygens (including phenoxy) is 1. The summed E-state index contributed by atoms with van der Waals surface area (Å²) in [6.07, 6.45) is 3.49. The van der Waals surface area contributed by atoms with Crippen LogP contribution in [0.1, 0.15) is 11.3 Å². The Morgan fingerprint density at radius 2 is 1.84 bits per heavy atom. The molecule has 1 aromatic carbocycles. The summed E-state index contributed by atoms with van der Waals surface area (Å²) < 4.78 is 23.4. The Balaban J connectivity index is 1.67. The number of anilines is 2. The van der Waals surface area contributed by atoms with Crippen LogP contribution in [0.15, 0.2) is 53.7 Å². The summed E-state index contributed by atoms with van der Waals surface area (Å²) in [6.45, 7) is 3.85. The van der Waals surface area contributed by atoms with E-state index in [4.69, 9.17) is 4.74 Å². The van der Waals surface area contributed by atoms with Gasteiger partial charge >= 0.3 is 0 Å². The number of aryl methyl sites for hydroxylation is 2. The quantitative estimate of drug-likeness (QED) is 0.381. The fourth-order valence-corrected chi connectivity index (χ4v) is 4.06. The maximum absolute atomic E-state index is 14.8. The van der Waals surface area contributed by atoms with Crippen molar-refractivity contribution in [2.75, 3.05) is 24.2 Å². The van der Waals surface area contributed by atoms with Gasteiger partial charge in [-0.15, -0.1) is 0 Å². The smallest absolute Gasteiger partial charge is 0.228 e. The maximum atomic E-state index is 14.8. The van der Waals surface area contributed by atoms with Gasteiger partial charge in [-0.1, -0.05) is 0 Å². The second-order valence-electron chi connectivity index (χ2n) is 7.05. The molecular formula is C23H22FN5OS. The van der Waals surface area contributed by atoms with E-state index in [2.05, 4.69) is 25.0 Å². The average molecular weight is 436 g/mol. The Kier molecular flexibility index (Phi) is 5.90. The highest BCUT2D eigenvalue weighted by atomic mass is 32.2. The summed E-state index contributed by atoms with van der Waals surface area (Å²) in [5.74, 6) is 0.963. The van der Waals surface area contributed by atoms with Gasteiger partial charge < -0.3 is 14.8 Å². The molecule has 0 amide bonds. The lowest BCUT2D eigenvalue weighted by Crippen LogP contribution is -1.97. The normalized spacial score (nSPS) is 10.9. The van der Waals surface area contributed by atoms with E-state index in [1.54, 1.807) is 31.6 Å². The van der Waals surface area contributed by atoms with E-state index in [9.17, 15) is 4.39 Å². The van der Waals surface area contributed by atoms with E-state index in [-0.39, 0.29) is 5.82 Å². The maximum Gasteiger partial charge on any atom is 0.228 e. The lowest BCUT2D eigenvalue weighted by Gasteiger charge is -2.13. The Morgan fingerprint density at radius 3 is 2.61 bits per heavy atom. The third-order valence-electron chi connectivity index (χ3n) is 4.83. The van der Waals surface area contributed by atoms with Crippen LogP contribution in [-0.2, 0) is 0 Å². The summed E-state index contributed by atoms with van der Waals surface area (Å²) in [4.78, 5) is 14.1. The molecule has 158 valence electrons. The molecule has 31 heavy (non-hydrogen) atoms. The van der Waals surface area contributed by atoms with Crippen LogP contribution in [0.25, 0.3) is 22.0 Å². The van der Waals surface area contributed by atoms with E-state index < -0.39 is 0 Å². The molecule has 0 aliphatic rings. The van der Waals surface area contributed by atoms with Crippen LogP contribution in [0.5, 0.6) is 5.88 Å². The zero-order chi connectivity index (χ0) is 22.0. The molecule has 0 unspecified atom stereocenters. The van der Waals surface area contributed by atoms with Crippen LogP contribution in [0.3, 0.4) is 0 Å². The molecule has 6 nitrogen and oxygen atoms in total. The highest BCUT2D eigenvalue weighted by Gasteiger charge is 2.13. The van der Waals surface area contributed by atoms with Crippen LogP contribution < -0.4 is 14.8 Å². The van der Waals surface area contributed by atoms with Crippen molar-refractivity contribution in [3.63, 3.8) is 0 Å². The fourth-order valence-electron chi connectivity index (χ4n) is 3.24. The minimum atomic E-state index is -0.311. The van der Waals surface area contributed by atoms with Gasteiger partial charge in [0, 0.05) is 53.4 Å². The van der Waals surface area contributed by atoms with E-state index in [0.29, 0.717) is 11.4 Å². The molecule has 3 heterocycles. The summed E-state index contributed by atoms with van der Waals surface area (Å²) >= 11 is 1.37. The second-order valence-corrected chi connectivity index (χ2v) is 7.90. The van der Waals surface area contributed by atoms with Gasteiger partial charge in [0.2, 0.25) is 5.88 Å². The van der Waals surface area contributed by atoms with Gasteiger partial charge in [-0.2, -0.15) is 0 Å². The number of fused-ring (bicyclic) bond motifs is 1. The molecule has 3 aromatic heterocycles. The largest absolute Gasteiger partial charge is 0.480 e. The SMILES string of the molecule is CNc1cc2nc(C)c(-c3cc(NSc4cc(C)cnc4OC)ccc3F)cc2cn1. The van der Waals surface area contributed by atoms with Crippen molar-refractivity contribution in [2.24, 2.45) is 0 Å². The van der Waals surface area contributed by atoms with E-state index in [0.717, 1.165) is 44.1 Å². The Hall–Kier alpha value is -3.39. The zero-order valence-corrected chi connectivity index (χ0v) is 18.5. The molecule has 8 heteroatoms. The first-order valence-corrected chi connectivity index (χ1v) is 10.5. The van der Waals surface area contributed by atoms with Crippen molar-refractivity contribution in [1.82, 2.24) is 15.0 Å². The minimum absolute atomic E-state index is 0.311. The van der Waals surface area contributed by atoms with Gasteiger partial charge in [-0.05, 0) is 61.7 Å². The molecule has 2 N–H and O–H groups in total. The van der Waals surface area contributed by atoms with Crippen molar-refractivity contribution in [1.29, 1.82) is 0 Å². The average Bonchev–Trinajstić information content (AvgIpc) is 2.78. The lowest BCUT2D eigenvalue weighted by molar-refractivity contribution is 0.387. The molecule has 4 rings (SSSR count). The number of rotatable bonds is 6. The van der Waals surface area contributed by atoms with Crippen LogP contribution in [0.2, 0.25) is 0 Å². The van der Waals surface area contributed by atoms with Crippen LogP contribution in [-0.4, -0.2) is 29.1 Å². The Bertz CT molecular complexity index is 1260. The minimum Gasteiger partial charge on any atom is -0.480 e. The fraction of sp³-hybridized carbons (Fsp3) is 0.174. The molecule has 0 fully saturated rings. The number of methoxy groups -OCH3 is 1. The van der Waals surface area contributed by atoms with Gasteiger partial charge in [0.1, 0.15) is 11.6 Å². The first kappa shape index (κ1) is 20.9. The number of pyridine rings is 3. The van der Waals surface area contributed by atoms with Gasteiger partial charge in [-0.3, -0.25) is 4.98 Å². The first-order chi connectivity index (χ1) is 15.0. The van der Waals surface area contributed by atoms with E-state index in [1.165, 1.54) is 18.0 Å².